The quantitative estimate of drug-likeness (QED) is 0.853. The molecule has 4 heteroatoms. The molecule has 0 aromatic carbocycles. The minimum atomic E-state index is -0.346. The van der Waals surface area contributed by atoms with Gasteiger partial charge in [-0.05, 0) is 46.0 Å². The van der Waals surface area contributed by atoms with Gasteiger partial charge in [-0.1, -0.05) is 12.8 Å². The molecule has 4 unspecified atom stereocenters. The summed E-state index contributed by atoms with van der Waals surface area (Å²) in [4.78, 5) is 14.6. The monoisotopic (exact) mass is 269 g/mol. The molecule has 1 N–H and O–H groups in total. The van der Waals surface area contributed by atoms with Crippen LogP contribution >= 0.6 is 0 Å². The van der Waals surface area contributed by atoms with Gasteiger partial charge in [-0.15, -0.1) is 0 Å². The molecule has 1 amide bonds. The van der Waals surface area contributed by atoms with Gasteiger partial charge in [0.2, 0.25) is 0 Å². The maximum atomic E-state index is 12.6. The van der Waals surface area contributed by atoms with E-state index >= 15 is 0 Å². The summed E-state index contributed by atoms with van der Waals surface area (Å²) in [6.45, 7) is 4.66. The molecule has 19 heavy (non-hydrogen) atoms. The second-order valence-electron chi connectivity index (χ2n) is 6.13. The Balaban J connectivity index is 2.02. The van der Waals surface area contributed by atoms with Crippen LogP contribution in [0.25, 0.3) is 0 Å². The molecule has 110 valence electrons. The van der Waals surface area contributed by atoms with E-state index in [1.165, 1.54) is 6.42 Å². The fourth-order valence-electron chi connectivity index (χ4n) is 3.28. The van der Waals surface area contributed by atoms with Crippen LogP contribution in [0.2, 0.25) is 0 Å². The number of carbonyl (C=O) groups is 1. The largest absolute Gasteiger partial charge is 0.393 e. The molecule has 4 atom stereocenters. The topological polar surface area (TPSA) is 49.8 Å². The summed E-state index contributed by atoms with van der Waals surface area (Å²) in [6.07, 6.45) is 6.55. The predicted octanol–water partition coefficient (Wildman–Crippen LogP) is 2.10. The minimum Gasteiger partial charge on any atom is -0.393 e. The van der Waals surface area contributed by atoms with Crippen LogP contribution in [0, 0.1) is 0 Å². The standard InChI is InChI=1S/C15H27NO3/c1-11(17)10-13-6-4-3-5-9-16(13)15(18)14-8-7-12(2)19-14/h11-14,17H,3-10H2,1-2H3. The minimum absolute atomic E-state index is 0.150. The smallest absolute Gasteiger partial charge is 0.251 e. The lowest BCUT2D eigenvalue weighted by Crippen LogP contribution is -2.46. The van der Waals surface area contributed by atoms with E-state index < -0.39 is 0 Å². The van der Waals surface area contributed by atoms with Crippen molar-refractivity contribution < 1.29 is 14.6 Å². The number of likely N-dealkylation sites (tertiary alicyclic amines) is 1. The van der Waals surface area contributed by atoms with Gasteiger partial charge in [0.05, 0.1) is 12.2 Å². The maximum absolute atomic E-state index is 12.6. The molecule has 0 bridgehead atoms. The highest BCUT2D eigenvalue weighted by Gasteiger charge is 2.35. The number of aliphatic hydroxyl groups excluding tert-OH is 1. The summed E-state index contributed by atoms with van der Waals surface area (Å²) in [5, 5.41) is 9.63. The lowest BCUT2D eigenvalue weighted by molar-refractivity contribution is -0.145. The summed E-state index contributed by atoms with van der Waals surface area (Å²) in [6, 6.07) is 0.189. The zero-order chi connectivity index (χ0) is 13.8. The highest BCUT2D eigenvalue weighted by atomic mass is 16.5. The first-order valence-electron chi connectivity index (χ1n) is 7.72. The maximum Gasteiger partial charge on any atom is 0.251 e. The van der Waals surface area contributed by atoms with E-state index in [1.807, 2.05) is 18.7 Å². The van der Waals surface area contributed by atoms with Crippen LogP contribution in [-0.4, -0.2) is 46.8 Å². The lowest BCUT2D eigenvalue weighted by atomic mass is 10.0. The van der Waals surface area contributed by atoms with E-state index in [1.54, 1.807) is 0 Å². The van der Waals surface area contributed by atoms with E-state index in [0.717, 1.165) is 38.6 Å². The number of aliphatic hydroxyl groups is 1. The van der Waals surface area contributed by atoms with Gasteiger partial charge < -0.3 is 14.7 Å². The van der Waals surface area contributed by atoms with Gasteiger partial charge in [0.25, 0.3) is 5.91 Å². The average molecular weight is 269 g/mol. The van der Waals surface area contributed by atoms with Crippen molar-refractivity contribution >= 4 is 5.91 Å². The third-order valence-corrected chi connectivity index (χ3v) is 4.28. The Kier molecular flexibility index (Phi) is 5.22. The molecule has 0 aromatic heterocycles. The molecule has 4 nitrogen and oxygen atoms in total. The first-order chi connectivity index (χ1) is 9.08. The molecule has 0 aliphatic carbocycles. The van der Waals surface area contributed by atoms with Gasteiger partial charge in [-0.2, -0.15) is 0 Å². The summed E-state index contributed by atoms with van der Waals surface area (Å²) in [5.41, 5.74) is 0. The second-order valence-corrected chi connectivity index (χ2v) is 6.13. The number of amides is 1. The molecular formula is C15H27NO3. The van der Waals surface area contributed by atoms with Crippen LogP contribution in [0.1, 0.15) is 58.8 Å². The third kappa shape index (κ3) is 3.93. The van der Waals surface area contributed by atoms with Gasteiger partial charge in [0.15, 0.2) is 0 Å². The zero-order valence-corrected chi connectivity index (χ0v) is 12.2. The SMILES string of the molecule is CC(O)CC1CCCCCN1C(=O)C1CCC(C)O1. The molecular weight excluding hydrogens is 242 g/mol. The Morgan fingerprint density at radius 2 is 2.11 bits per heavy atom. The lowest BCUT2D eigenvalue weighted by Gasteiger charge is -2.32. The Hall–Kier alpha value is -0.610. The highest BCUT2D eigenvalue weighted by molar-refractivity contribution is 5.81. The van der Waals surface area contributed by atoms with Gasteiger partial charge >= 0.3 is 0 Å². The number of nitrogens with zero attached hydrogens (tertiary/aromatic N) is 1. The molecule has 2 aliphatic rings. The Labute approximate surface area is 116 Å². The predicted molar refractivity (Wildman–Crippen MR) is 73.8 cm³/mol. The molecule has 2 aliphatic heterocycles. The number of hydrogen-bond acceptors (Lipinski definition) is 3. The Morgan fingerprint density at radius 3 is 2.74 bits per heavy atom. The van der Waals surface area contributed by atoms with Crippen LogP contribution in [0.5, 0.6) is 0 Å². The summed E-state index contributed by atoms with van der Waals surface area (Å²) < 4.78 is 5.72. The molecule has 2 heterocycles. The number of carbonyl (C=O) groups excluding carboxylic acids is 1. The fourth-order valence-corrected chi connectivity index (χ4v) is 3.28. The number of ether oxygens (including phenoxy) is 1. The van der Waals surface area contributed by atoms with E-state index in [0.29, 0.717) is 6.42 Å². The molecule has 0 saturated carbocycles. The Bertz CT molecular complexity index is 306. The van der Waals surface area contributed by atoms with Gasteiger partial charge in [-0.3, -0.25) is 4.79 Å². The van der Waals surface area contributed by atoms with Crippen molar-refractivity contribution in [1.29, 1.82) is 0 Å². The molecule has 2 rings (SSSR count). The summed E-state index contributed by atoms with van der Waals surface area (Å²) in [5.74, 6) is 0.150. The van der Waals surface area contributed by atoms with Crippen molar-refractivity contribution in [3.63, 3.8) is 0 Å². The van der Waals surface area contributed by atoms with E-state index in [4.69, 9.17) is 4.74 Å². The number of hydrogen-bond donors (Lipinski definition) is 1. The van der Waals surface area contributed by atoms with Crippen molar-refractivity contribution in [2.75, 3.05) is 6.54 Å². The van der Waals surface area contributed by atoms with Crippen LogP contribution in [0.4, 0.5) is 0 Å². The first-order valence-corrected chi connectivity index (χ1v) is 7.72. The highest BCUT2D eigenvalue weighted by Crippen LogP contribution is 2.26. The number of rotatable bonds is 3. The van der Waals surface area contributed by atoms with E-state index in [-0.39, 0.29) is 30.3 Å². The molecule has 2 fully saturated rings. The molecule has 2 saturated heterocycles. The van der Waals surface area contributed by atoms with Crippen LogP contribution in [0.15, 0.2) is 0 Å². The van der Waals surface area contributed by atoms with Crippen molar-refractivity contribution in [3.8, 4) is 0 Å². The van der Waals surface area contributed by atoms with E-state index in [9.17, 15) is 9.90 Å². The molecule has 0 aromatic rings. The average Bonchev–Trinajstić information content (AvgIpc) is 2.65. The van der Waals surface area contributed by atoms with Crippen molar-refractivity contribution in [1.82, 2.24) is 4.90 Å². The van der Waals surface area contributed by atoms with Crippen LogP contribution in [-0.2, 0) is 9.53 Å². The Morgan fingerprint density at radius 1 is 1.32 bits per heavy atom. The molecule has 0 radical (unpaired) electrons. The fraction of sp³-hybridized carbons (Fsp3) is 0.933. The molecule has 0 spiro atoms. The summed E-state index contributed by atoms with van der Waals surface area (Å²) >= 11 is 0. The van der Waals surface area contributed by atoms with E-state index in [2.05, 4.69) is 0 Å². The van der Waals surface area contributed by atoms with Crippen molar-refractivity contribution in [2.24, 2.45) is 0 Å². The van der Waals surface area contributed by atoms with Crippen molar-refractivity contribution in [3.05, 3.63) is 0 Å². The van der Waals surface area contributed by atoms with Crippen LogP contribution in [0.3, 0.4) is 0 Å². The van der Waals surface area contributed by atoms with Gasteiger partial charge in [-0.25, -0.2) is 0 Å². The second kappa shape index (κ2) is 6.71. The van der Waals surface area contributed by atoms with Gasteiger partial charge in [0.1, 0.15) is 6.10 Å². The normalized spacial score (nSPS) is 34.1. The van der Waals surface area contributed by atoms with Crippen LogP contribution < -0.4 is 0 Å². The third-order valence-electron chi connectivity index (χ3n) is 4.28. The first kappa shape index (κ1) is 14.8. The summed E-state index contributed by atoms with van der Waals surface area (Å²) in [7, 11) is 0. The van der Waals surface area contributed by atoms with Gasteiger partial charge in [0, 0.05) is 12.6 Å². The van der Waals surface area contributed by atoms with Crippen molar-refractivity contribution in [2.45, 2.75) is 83.1 Å². The zero-order valence-electron chi connectivity index (χ0n) is 12.2.